The summed E-state index contributed by atoms with van der Waals surface area (Å²) in [5.41, 5.74) is 1.45. The summed E-state index contributed by atoms with van der Waals surface area (Å²) in [5.74, 6) is 2.39. The SMILES string of the molecule is CC1C2CCC(=O)C2(C)CCC1C1(C)CC/C(=C\CCC=O)CC1[C@@H](C)O. The number of ketones is 1. The molecule has 0 aromatic carbocycles. The van der Waals surface area contributed by atoms with Crippen molar-refractivity contribution in [3.8, 4) is 0 Å². The van der Waals surface area contributed by atoms with Gasteiger partial charge in [0, 0.05) is 18.3 Å². The highest BCUT2D eigenvalue weighted by atomic mass is 16.3. The molecule has 0 spiro atoms. The van der Waals surface area contributed by atoms with Crippen molar-refractivity contribution in [3.05, 3.63) is 11.6 Å². The lowest BCUT2D eigenvalue weighted by Gasteiger charge is -2.56. The Labute approximate surface area is 165 Å². The van der Waals surface area contributed by atoms with Crippen molar-refractivity contribution in [3.63, 3.8) is 0 Å². The van der Waals surface area contributed by atoms with Gasteiger partial charge >= 0.3 is 0 Å². The maximum Gasteiger partial charge on any atom is 0.139 e. The maximum atomic E-state index is 12.5. The minimum Gasteiger partial charge on any atom is -0.393 e. The van der Waals surface area contributed by atoms with Crippen LogP contribution in [0.15, 0.2) is 11.6 Å². The molecule has 3 aliphatic rings. The molecule has 0 heterocycles. The number of carbonyl (C=O) groups is 2. The van der Waals surface area contributed by atoms with E-state index >= 15 is 0 Å². The first-order valence-corrected chi connectivity index (χ1v) is 11.1. The van der Waals surface area contributed by atoms with E-state index in [0.717, 1.165) is 57.7 Å². The van der Waals surface area contributed by atoms with E-state index in [1.54, 1.807) is 0 Å². The van der Waals surface area contributed by atoms with Crippen molar-refractivity contribution >= 4 is 12.1 Å². The van der Waals surface area contributed by atoms with Crippen LogP contribution in [0.5, 0.6) is 0 Å². The summed E-state index contributed by atoms with van der Waals surface area (Å²) in [6.45, 7) is 8.95. The molecule has 0 bridgehead atoms. The summed E-state index contributed by atoms with van der Waals surface area (Å²) in [6, 6.07) is 0. The largest absolute Gasteiger partial charge is 0.393 e. The summed E-state index contributed by atoms with van der Waals surface area (Å²) in [4.78, 5) is 23.1. The van der Waals surface area contributed by atoms with E-state index in [-0.39, 0.29) is 22.9 Å². The molecule has 1 N–H and O–H groups in total. The van der Waals surface area contributed by atoms with Gasteiger partial charge in [-0.05, 0) is 81.0 Å². The maximum absolute atomic E-state index is 12.5. The average Bonchev–Trinajstić information content (AvgIpc) is 2.92. The molecule has 3 aliphatic carbocycles. The van der Waals surface area contributed by atoms with Crippen molar-refractivity contribution in [1.82, 2.24) is 0 Å². The molecule has 0 saturated heterocycles. The molecule has 0 aliphatic heterocycles. The topological polar surface area (TPSA) is 54.4 Å². The molecule has 3 fully saturated rings. The number of allylic oxidation sites excluding steroid dienone is 2. The molecular weight excluding hydrogens is 336 g/mol. The minimum atomic E-state index is -0.324. The second-order valence-corrected chi connectivity index (χ2v) is 10.2. The number of hydrogen-bond donors (Lipinski definition) is 1. The van der Waals surface area contributed by atoms with Crippen LogP contribution in [0.4, 0.5) is 0 Å². The number of Topliss-reactive ketones (excluding diaryl/α,β-unsaturated/α-hetero) is 1. The van der Waals surface area contributed by atoms with Gasteiger partial charge in [0.15, 0.2) is 0 Å². The van der Waals surface area contributed by atoms with Gasteiger partial charge in [-0.25, -0.2) is 0 Å². The highest BCUT2D eigenvalue weighted by Gasteiger charge is 2.57. The Morgan fingerprint density at radius 2 is 1.89 bits per heavy atom. The van der Waals surface area contributed by atoms with E-state index in [0.29, 0.717) is 30.0 Å². The molecule has 0 radical (unpaired) electrons. The van der Waals surface area contributed by atoms with Gasteiger partial charge < -0.3 is 9.90 Å². The Bertz CT molecular complexity index is 607. The molecule has 27 heavy (non-hydrogen) atoms. The predicted octanol–water partition coefficient (Wildman–Crippen LogP) is 5.11. The zero-order chi connectivity index (χ0) is 19.8. The van der Waals surface area contributed by atoms with Gasteiger partial charge in [0.25, 0.3) is 0 Å². The van der Waals surface area contributed by atoms with Gasteiger partial charge in [-0.3, -0.25) is 4.79 Å². The van der Waals surface area contributed by atoms with E-state index in [1.807, 2.05) is 6.92 Å². The number of unbranched alkanes of at least 4 members (excludes halogenated alkanes) is 1. The smallest absolute Gasteiger partial charge is 0.139 e. The Morgan fingerprint density at radius 3 is 2.56 bits per heavy atom. The van der Waals surface area contributed by atoms with Crippen molar-refractivity contribution in [2.45, 2.75) is 91.6 Å². The Hall–Kier alpha value is -0.960. The molecular formula is C24H38O3. The number of rotatable bonds is 5. The molecule has 0 aromatic heterocycles. The summed E-state index contributed by atoms with van der Waals surface area (Å²) >= 11 is 0. The van der Waals surface area contributed by atoms with Crippen LogP contribution in [-0.2, 0) is 9.59 Å². The number of aliphatic hydroxyl groups excluding tert-OH is 1. The molecule has 6 unspecified atom stereocenters. The number of aliphatic hydroxyl groups is 1. The van der Waals surface area contributed by atoms with Crippen molar-refractivity contribution < 1.29 is 14.7 Å². The van der Waals surface area contributed by atoms with Gasteiger partial charge in [0.2, 0.25) is 0 Å². The fourth-order valence-corrected chi connectivity index (χ4v) is 7.15. The van der Waals surface area contributed by atoms with E-state index in [4.69, 9.17) is 0 Å². The van der Waals surface area contributed by atoms with Crippen molar-refractivity contribution in [2.75, 3.05) is 0 Å². The highest BCUT2D eigenvalue weighted by molar-refractivity contribution is 5.87. The van der Waals surface area contributed by atoms with E-state index in [2.05, 4.69) is 26.8 Å². The molecule has 3 heteroatoms. The lowest BCUT2D eigenvalue weighted by Crippen LogP contribution is -2.51. The van der Waals surface area contributed by atoms with Crippen LogP contribution in [0.3, 0.4) is 0 Å². The van der Waals surface area contributed by atoms with Crippen molar-refractivity contribution in [2.24, 2.45) is 34.5 Å². The molecule has 0 amide bonds. The first kappa shape index (κ1) is 20.8. The summed E-state index contributed by atoms with van der Waals surface area (Å²) in [5, 5.41) is 10.7. The average molecular weight is 375 g/mol. The van der Waals surface area contributed by atoms with Crippen LogP contribution >= 0.6 is 0 Å². The van der Waals surface area contributed by atoms with Crippen LogP contribution in [0.2, 0.25) is 0 Å². The fourth-order valence-electron chi connectivity index (χ4n) is 7.15. The van der Waals surface area contributed by atoms with Crippen molar-refractivity contribution in [1.29, 1.82) is 0 Å². The first-order valence-electron chi connectivity index (χ1n) is 11.1. The summed E-state index contributed by atoms with van der Waals surface area (Å²) in [6.07, 6.45) is 11.4. The van der Waals surface area contributed by atoms with Crippen LogP contribution < -0.4 is 0 Å². The number of hydrogen-bond acceptors (Lipinski definition) is 3. The Kier molecular flexibility index (Phi) is 6.01. The monoisotopic (exact) mass is 374 g/mol. The third-order valence-electron chi connectivity index (χ3n) is 8.84. The first-order chi connectivity index (χ1) is 12.7. The standard InChI is InChI=1S/C24H38O3/c1-16-19-8-9-22(27)24(19,4)13-11-20(16)23(3)12-10-18(7-5-6-14-25)15-21(23)17(2)26/h7,14,16-17,19-21,26H,5-6,8-13,15H2,1-4H3/b18-7+/t16?,17-,19?,20?,21?,23?,24?/m1/s1. The van der Waals surface area contributed by atoms with Crippen LogP contribution in [-0.4, -0.2) is 23.3 Å². The molecule has 7 atom stereocenters. The molecule has 0 aromatic rings. The molecule has 3 rings (SSSR count). The second-order valence-electron chi connectivity index (χ2n) is 10.2. The lowest BCUT2D eigenvalue weighted by atomic mass is 9.49. The van der Waals surface area contributed by atoms with Crippen LogP contribution in [0.1, 0.15) is 85.5 Å². The van der Waals surface area contributed by atoms with E-state index in [1.165, 1.54) is 5.57 Å². The Balaban J connectivity index is 1.81. The van der Waals surface area contributed by atoms with Gasteiger partial charge in [0.05, 0.1) is 6.10 Å². The number of fused-ring (bicyclic) bond motifs is 1. The fraction of sp³-hybridized carbons (Fsp3) is 0.833. The second kappa shape index (κ2) is 7.81. The third-order valence-corrected chi connectivity index (χ3v) is 8.84. The van der Waals surface area contributed by atoms with Crippen LogP contribution in [0, 0.1) is 34.5 Å². The summed E-state index contributed by atoms with van der Waals surface area (Å²) in [7, 11) is 0. The summed E-state index contributed by atoms with van der Waals surface area (Å²) < 4.78 is 0. The molecule has 152 valence electrons. The Morgan fingerprint density at radius 1 is 1.15 bits per heavy atom. The van der Waals surface area contributed by atoms with Gasteiger partial charge in [0.1, 0.15) is 12.1 Å². The van der Waals surface area contributed by atoms with Gasteiger partial charge in [-0.15, -0.1) is 0 Å². The molecule has 3 nitrogen and oxygen atoms in total. The lowest BCUT2D eigenvalue weighted by molar-refractivity contribution is -0.134. The number of carbonyl (C=O) groups excluding carboxylic acids is 2. The zero-order valence-corrected chi connectivity index (χ0v) is 17.7. The van der Waals surface area contributed by atoms with Crippen LogP contribution in [0.25, 0.3) is 0 Å². The molecule has 3 saturated carbocycles. The van der Waals surface area contributed by atoms with Gasteiger partial charge in [-0.1, -0.05) is 32.4 Å². The third kappa shape index (κ3) is 3.57. The quantitative estimate of drug-likeness (QED) is 0.413. The number of aldehydes is 1. The van der Waals surface area contributed by atoms with Gasteiger partial charge in [-0.2, -0.15) is 0 Å². The minimum absolute atomic E-state index is 0.0961. The highest BCUT2D eigenvalue weighted by Crippen LogP contribution is 2.61. The van der Waals surface area contributed by atoms with E-state index < -0.39 is 0 Å². The normalized spacial score (nSPS) is 44.9. The van der Waals surface area contributed by atoms with E-state index in [9.17, 15) is 14.7 Å². The predicted molar refractivity (Wildman–Crippen MR) is 108 cm³/mol. The zero-order valence-electron chi connectivity index (χ0n) is 17.7.